The van der Waals surface area contributed by atoms with Crippen molar-refractivity contribution in [3.05, 3.63) is 0 Å². The minimum Gasteiger partial charge on any atom is -0.293 e. The molecule has 0 fully saturated rings. The topological polar surface area (TPSA) is 55.1 Å². The number of hydrazine groups is 1. The minimum atomic E-state index is -0.0776. The summed E-state index contributed by atoms with van der Waals surface area (Å²) >= 11 is 1.64. The molecule has 0 heterocycles. The summed E-state index contributed by atoms with van der Waals surface area (Å²) in [6, 6.07) is 0. The van der Waals surface area contributed by atoms with Gasteiger partial charge in [-0.3, -0.25) is 10.2 Å². The summed E-state index contributed by atoms with van der Waals surface area (Å²) in [4.78, 5) is 11.0. The van der Waals surface area contributed by atoms with Gasteiger partial charge in [-0.1, -0.05) is 20.8 Å². The molecule has 3 N–H and O–H groups in total. The van der Waals surface area contributed by atoms with Gasteiger partial charge in [0.15, 0.2) is 0 Å². The van der Waals surface area contributed by atoms with E-state index in [1.807, 2.05) is 6.92 Å². The Bertz CT molecular complexity index is 128. The Balaban J connectivity index is 3.84. The van der Waals surface area contributed by atoms with Crippen LogP contribution in [0.5, 0.6) is 0 Å². The van der Waals surface area contributed by atoms with Crippen molar-refractivity contribution < 1.29 is 4.79 Å². The lowest BCUT2D eigenvalue weighted by Crippen LogP contribution is -2.37. The highest BCUT2D eigenvalue weighted by molar-refractivity contribution is 8.01. The maximum absolute atomic E-state index is 11.0. The van der Waals surface area contributed by atoms with Gasteiger partial charge >= 0.3 is 0 Å². The molecule has 0 aromatic carbocycles. The molecule has 0 saturated carbocycles. The van der Waals surface area contributed by atoms with Crippen molar-refractivity contribution in [3.8, 4) is 0 Å². The van der Waals surface area contributed by atoms with E-state index < -0.39 is 0 Å². The Morgan fingerprint density at radius 1 is 1.64 bits per heavy atom. The quantitative estimate of drug-likeness (QED) is 0.380. The number of carbonyl (C=O) groups is 1. The molecule has 4 heteroatoms. The van der Waals surface area contributed by atoms with E-state index >= 15 is 0 Å². The fourth-order valence-corrected chi connectivity index (χ4v) is 1.81. The van der Waals surface area contributed by atoms with Crippen molar-refractivity contribution in [2.75, 3.05) is 0 Å². The van der Waals surface area contributed by atoms with Gasteiger partial charge in [0, 0.05) is 0 Å². The first-order chi connectivity index (χ1) is 5.11. The minimum absolute atomic E-state index is 0.000000000000000444. The molecule has 0 spiro atoms. The monoisotopic (exact) mass is 176 g/mol. The third-order valence-corrected chi connectivity index (χ3v) is 2.66. The Kier molecular flexibility index (Phi) is 5.32. The van der Waals surface area contributed by atoms with Gasteiger partial charge in [0.05, 0.1) is 5.25 Å². The molecule has 1 unspecified atom stereocenters. The second kappa shape index (κ2) is 5.43. The first-order valence-corrected chi connectivity index (χ1v) is 4.72. The molecule has 1 amide bonds. The number of rotatable bonds is 4. The van der Waals surface area contributed by atoms with E-state index in [4.69, 9.17) is 5.84 Å². The zero-order valence-electron chi connectivity index (χ0n) is 7.26. The van der Waals surface area contributed by atoms with Crippen molar-refractivity contribution in [2.24, 2.45) is 5.84 Å². The number of nitrogens with two attached hydrogens (primary N) is 1. The summed E-state index contributed by atoms with van der Waals surface area (Å²) in [7, 11) is 0. The van der Waals surface area contributed by atoms with Crippen LogP contribution in [0.2, 0.25) is 0 Å². The van der Waals surface area contributed by atoms with Crippen LogP contribution in [-0.2, 0) is 4.79 Å². The number of nitrogens with one attached hydrogen (secondary N) is 1. The lowest BCUT2D eigenvalue weighted by atomic mass is 10.3. The smallest absolute Gasteiger partial charge is 0.246 e. The molecule has 0 rings (SSSR count). The average molecular weight is 176 g/mol. The van der Waals surface area contributed by atoms with E-state index in [0.29, 0.717) is 5.25 Å². The number of hydrogen-bond acceptors (Lipinski definition) is 3. The van der Waals surface area contributed by atoms with Gasteiger partial charge in [-0.15, -0.1) is 11.8 Å². The Labute approximate surface area is 72.1 Å². The Morgan fingerprint density at radius 3 is 2.45 bits per heavy atom. The van der Waals surface area contributed by atoms with Crippen molar-refractivity contribution in [1.29, 1.82) is 0 Å². The predicted molar refractivity (Wildman–Crippen MR) is 49.1 cm³/mol. The van der Waals surface area contributed by atoms with Gasteiger partial charge in [0.2, 0.25) is 5.91 Å². The van der Waals surface area contributed by atoms with Gasteiger partial charge < -0.3 is 0 Å². The SMILES string of the molecule is CCC(SC(C)C)C(=O)NN. The van der Waals surface area contributed by atoms with E-state index in [0.717, 1.165) is 6.42 Å². The molecule has 0 aliphatic rings. The molecule has 0 aromatic rings. The van der Waals surface area contributed by atoms with Crippen LogP contribution in [0.4, 0.5) is 0 Å². The molecule has 0 aliphatic carbocycles. The maximum Gasteiger partial charge on any atom is 0.246 e. The second-order valence-electron chi connectivity index (χ2n) is 2.59. The largest absolute Gasteiger partial charge is 0.293 e. The van der Waals surface area contributed by atoms with Crippen LogP contribution in [-0.4, -0.2) is 16.4 Å². The molecule has 66 valence electrons. The number of thioether (sulfide) groups is 1. The summed E-state index contributed by atoms with van der Waals surface area (Å²) in [5.41, 5.74) is 2.16. The lowest BCUT2D eigenvalue weighted by Gasteiger charge is -2.14. The summed E-state index contributed by atoms with van der Waals surface area (Å²) in [6.07, 6.45) is 0.825. The van der Waals surface area contributed by atoms with Crippen molar-refractivity contribution >= 4 is 17.7 Å². The zero-order valence-corrected chi connectivity index (χ0v) is 8.07. The number of carbonyl (C=O) groups excluding carboxylic acids is 1. The third kappa shape index (κ3) is 4.27. The van der Waals surface area contributed by atoms with Crippen LogP contribution >= 0.6 is 11.8 Å². The normalized spacial score (nSPS) is 13.2. The Hall–Kier alpha value is -0.220. The molecule has 1 atom stereocenters. The highest BCUT2D eigenvalue weighted by Gasteiger charge is 2.16. The Morgan fingerprint density at radius 2 is 2.18 bits per heavy atom. The fourth-order valence-electron chi connectivity index (χ4n) is 0.765. The molecule has 0 bridgehead atoms. The van der Waals surface area contributed by atoms with Crippen LogP contribution in [0, 0.1) is 0 Å². The maximum atomic E-state index is 11.0. The first kappa shape index (κ1) is 10.8. The molecule has 0 aromatic heterocycles. The standard InChI is InChI=1S/C7H16N2OS/c1-4-6(7(10)9-8)11-5(2)3/h5-6H,4,8H2,1-3H3,(H,9,10). The molecule has 11 heavy (non-hydrogen) atoms. The van der Waals surface area contributed by atoms with Gasteiger partial charge in [0.25, 0.3) is 0 Å². The lowest BCUT2D eigenvalue weighted by molar-refractivity contribution is -0.120. The van der Waals surface area contributed by atoms with Gasteiger partial charge in [-0.25, -0.2) is 5.84 Å². The van der Waals surface area contributed by atoms with E-state index in [-0.39, 0.29) is 11.2 Å². The van der Waals surface area contributed by atoms with E-state index in [1.54, 1.807) is 11.8 Å². The van der Waals surface area contributed by atoms with Crippen LogP contribution in [0.15, 0.2) is 0 Å². The summed E-state index contributed by atoms with van der Waals surface area (Å²) in [5.74, 6) is 4.93. The van der Waals surface area contributed by atoms with Gasteiger partial charge in [-0.2, -0.15) is 0 Å². The van der Waals surface area contributed by atoms with Crippen LogP contribution in [0.1, 0.15) is 27.2 Å². The van der Waals surface area contributed by atoms with E-state index in [1.165, 1.54) is 0 Å². The van der Waals surface area contributed by atoms with Crippen molar-refractivity contribution in [1.82, 2.24) is 5.43 Å². The fraction of sp³-hybridized carbons (Fsp3) is 0.857. The summed E-state index contributed by atoms with van der Waals surface area (Å²) in [6.45, 7) is 6.11. The number of amides is 1. The summed E-state index contributed by atoms with van der Waals surface area (Å²) in [5, 5.41) is 0.470. The van der Waals surface area contributed by atoms with Crippen molar-refractivity contribution in [2.45, 2.75) is 37.7 Å². The molecule has 0 radical (unpaired) electrons. The van der Waals surface area contributed by atoms with Crippen LogP contribution in [0.25, 0.3) is 0 Å². The zero-order chi connectivity index (χ0) is 8.85. The molecule has 3 nitrogen and oxygen atoms in total. The molecular weight excluding hydrogens is 160 g/mol. The van der Waals surface area contributed by atoms with Crippen molar-refractivity contribution in [3.63, 3.8) is 0 Å². The van der Waals surface area contributed by atoms with Gasteiger partial charge in [-0.05, 0) is 11.7 Å². The third-order valence-electron chi connectivity index (χ3n) is 1.24. The highest BCUT2D eigenvalue weighted by atomic mass is 32.2. The van der Waals surface area contributed by atoms with E-state index in [2.05, 4.69) is 19.3 Å². The van der Waals surface area contributed by atoms with Crippen LogP contribution in [0.3, 0.4) is 0 Å². The highest BCUT2D eigenvalue weighted by Crippen LogP contribution is 2.19. The number of hydrogen-bond donors (Lipinski definition) is 2. The first-order valence-electron chi connectivity index (χ1n) is 3.77. The average Bonchev–Trinajstić information content (AvgIpc) is 1.98. The van der Waals surface area contributed by atoms with Gasteiger partial charge in [0.1, 0.15) is 0 Å². The molecule has 0 saturated heterocycles. The summed E-state index contributed by atoms with van der Waals surface area (Å²) < 4.78 is 0. The molecular formula is C7H16N2OS. The van der Waals surface area contributed by atoms with E-state index in [9.17, 15) is 4.79 Å². The second-order valence-corrected chi connectivity index (χ2v) is 4.37. The van der Waals surface area contributed by atoms with Crippen LogP contribution < -0.4 is 11.3 Å². The predicted octanol–water partition coefficient (Wildman–Crippen LogP) is 0.897. The molecule has 0 aliphatic heterocycles.